The average molecular weight is 416 g/mol. The van der Waals surface area contributed by atoms with Crippen molar-refractivity contribution >= 4 is 38.5 Å². The standard InChI is InChI=1S/C15H15BrIN/c1-11(12-6-8-14(17)9-7-12)18-10-13-4-2-3-5-15(13)16/h2-9,11,18H,10H2,1H3. The van der Waals surface area contributed by atoms with E-state index in [1.165, 1.54) is 14.7 Å². The molecule has 0 amide bonds. The molecule has 0 aliphatic heterocycles. The zero-order valence-corrected chi connectivity index (χ0v) is 13.9. The van der Waals surface area contributed by atoms with Crippen LogP contribution < -0.4 is 5.32 Å². The molecule has 1 N–H and O–H groups in total. The summed E-state index contributed by atoms with van der Waals surface area (Å²) in [5, 5.41) is 3.54. The van der Waals surface area contributed by atoms with Crippen LogP contribution in [0.15, 0.2) is 53.0 Å². The topological polar surface area (TPSA) is 12.0 Å². The fourth-order valence-corrected chi connectivity index (χ4v) is 2.56. The van der Waals surface area contributed by atoms with E-state index in [0.717, 1.165) is 11.0 Å². The third-order valence-corrected chi connectivity index (χ3v) is 4.42. The zero-order valence-electron chi connectivity index (χ0n) is 10.2. The van der Waals surface area contributed by atoms with E-state index in [0.29, 0.717) is 6.04 Å². The molecule has 0 aliphatic rings. The highest BCUT2D eigenvalue weighted by Crippen LogP contribution is 2.18. The molecule has 3 heteroatoms. The lowest BCUT2D eigenvalue weighted by molar-refractivity contribution is 0.573. The summed E-state index contributed by atoms with van der Waals surface area (Å²) >= 11 is 5.90. The van der Waals surface area contributed by atoms with Crippen molar-refractivity contribution < 1.29 is 0 Å². The Morgan fingerprint density at radius 2 is 1.78 bits per heavy atom. The first-order valence-electron chi connectivity index (χ1n) is 5.89. The van der Waals surface area contributed by atoms with E-state index in [1.807, 2.05) is 6.07 Å². The Bertz CT molecular complexity index is 510. The number of hydrogen-bond acceptors (Lipinski definition) is 1. The summed E-state index contributed by atoms with van der Waals surface area (Å²) in [6.07, 6.45) is 0. The lowest BCUT2D eigenvalue weighted by Gasteiger charge is -2.15. The minimum Gasteiger partial charge on any atom is -0.306 e. The Kier molecular flexibility index (Phi) is 5.21. The molecule has 2 aromatic carbocycles. The molecule has 0 aromatic heterocycles. The SMILES string of the molecule is CC(NCc1ccccc1Br)c1ccc(I)cc1. The van der Waals surface area contributed by atoms with Gasteiger partial charge in [-0.25, -0.2) is 0 Å². The lowest BCUT2D eigenvalue weighted by atomic mass is 10.1. The monoisotopic (exact) mass is 415 g/mol. The second-order valence-corrected chi connectivity index (χ2v) is 6.35. The van der Waals surface area contributed by atoms with E-state index in [9.17, 15) is 0 Å². The van der Waals surface area contributed by atoms with E-state index in [4.69, 9.17) is 0 Å². The minimum absolute atomic E-state index is 0.356. The van der Waals surface area contributed by atoms with Crippen LogP contribution in [-0.4, -0.2) is 0 Å². The van der Waals surface area contributed by atoms with E-state index in [-0.39, 0.29) is 0 Å². The second-order valence-electron chi connectivity index (χ2n) is 4.25. The summed E-state index contributed by atoms with van der Waals surface area (Å²) in [5.74, 6) is 0. The molecule has 2 rings (SSSR count). The van der Waals surface area contributed by atoms with Gasteiger partial charge in [0.2, 0.25) is 0 Å². The Morgan fingerprint density at radius 1 is 1.11 bits per heavy atom. The fraction of sp³-hybridized carbons (Fsp3) is 0.200. The largest absolute Gasteiger partial charge is 0.306 e. The van der Waals surface area contributed by atoms with Crippen molar-refractivity contribution in [2.24, 2.45) is 0 Å². The van der Waals surface area contributed by atoms with Gasteiger partial charge in [-0.1, -0.05) is 46.3 Å². The Balaban J connectivity index is 1.98. The second kappa shape index (κ2) is 6.68. The van der Waals surface area contributed by atoms with E-state index in [2.05, 4.69) is 93.2 Å². The predicted octanol–water partition coefficient (Wildman–Crippen LogP) is 4.90. The molecule has 2 aromatic rings. The maximum absolute atomic E-state index is 3.57. The molecule has 0 heterocycles. The molecule has 1 nitrogen and oxygen atoms in total. The highest BCUT2D eigenvalue weighted by atomic mass is 127. The third-order valence-electron chi connectivity index (χ3n) is 2.93. The van der Waals surface area contributed by atoms with Gasteiger partial charge in [0.25, 0.3) is 0 Å². The summed E-state index contributed by atoms with van der Waals surface area (Å²) in [6, 6.07) is 17.3. The van der Waals surface area contributed by atoms with Gasteiger partial charge in [0.05, 0.1) is 0 Å². The van der Waals surface area contributed by atoms with Crippen LogP contribution in [0.3, 0.4) is 0 Å². The third kappa shape index (κ3) is 3.80. The maximum atomic E-state index is 3.57. The van der Waals surface area contributed by atoms with Crippen LogP contribution in [-0.2, 0) is 6.54 Å². The molecule has 0 saturated heterocycles. The average Bonchev–Trinajstić information content (AvgIpc) is 2.38. The predicted molar refractivity (Wildman–Crippen MR) is 88.6 cm³/mol. The number of rotatable bonds is 4. The van der Waals surface area contributed by atoms with Gasteiger partial charge >= 0.3 is 0 Å². The number of nitrogens with one attached hydrogen (secondary N) is 1. The summed E-state index contributed by atoms with van der Waals surface area (Å²) < 4.78 is 2.43. The van der Waals surface area contributed by atoms with Gasteiger partial charge in [-0.05, 0) is 58.8 Å². The highest BCUT2D eigenvalue weighted by Gasteiger charge is 2.05. The van der Waals surface area contributed by atoms with E-state index >= 15 is 0 Å². The van der Waals surface area contributed by atoms with Crippen LogP contribution >= 0.6 is 38.5 Å². The first-order valence-corrected chi connectivity index (χ1v) is 7.76. The number of benzene rings is 2. The molecule has 1 unspecified atom stereocenters. The van der Waals surface area contributed by atoms with E-state index < -0.39 is 0 Å². The van der Waals surface area contributed by atoms with Crippen LogP contribution in [0.1, 0.15) is 24.1 Å². The summed E-state index contributed by atoms with van der Waals surface area (Å²) in [4.78, 5) is 0. The van der Waals surface area contributed by atoms with Crippen LogP contribution in [0.2, 0.25) is 0 Å². The molecule has 1 atom stereocenters. The first-order chi connectivity index (χ1) is 8.66. The van der Waals surface area contributed by atoms with Gasteiger partial charge in [0, 0.05) is 20.6 Å². The Labute approximate surface area is 130 Å². The number of halogens is 2. The Morgan fingerprint density at radius 3 is 2.44 bits per heavy atom. The minimum atomic E-state index is 0.356. The quantitative estimate of drug-likeness (QED) is 0.700. The first kappa shape index (κ1) is 14.0. The van der Waals surface area contributed by atoms with Crippen LogP contribution in [0.5, 0.6) is 0 Å². The maximum Gasteiger partial charge on any atom is 0.0294 e. The van der Waals surface area contributed by atoms with Crippen molar-refractivity contribution in [1.29, 1.82) is 0 Å². The van der Waals surface area contributed by atoms with Crippen molar-refractivity contribution in [3.8, 4) is 0 Å². The molecule has 0 spiro atoms. The van der Waals surface area contributed by atoms with Crippen molar-refractivity contribution in [2.75, 3.05) is 0 Å². The molecule has 0 saturated carbocycles. The highest BCUT2D eigenvalue weighted by molar-refractivity contribution is 14.1. The van der Waals surface area contributed by atoms with Crippen molar-refractivity contribution in [3.63, 3.8) is 0 Å². The lowest BCUT2D eigenvalue weighted by Crippen LogP contribution is -2.18. The van der Waals surface area contributed by atoms with Gasteiger partial charge in [0.15, 0.2) is 0 Å². The van der Waals surface area contributed by atoms with Gasteiger partial charge in [-0.15, -0.1) is 0 Å². The van der Waals surface area contributed by atoms with Crippen molar-refractivity contribution in [2.45, 2.75) is 19.5 Å². The van der Waals surface area contributed by atoms with Crippen LogP contribution in [0.25, 0.3) is 0 Å². The molecular formula is C15H15BrIN. The molecule has 0 bridgehead atoms. The molecule has 94 valence electrons. The van der Waals surface area contributed by atoms with Gasteiger partial charge in [-0.3, -0.25) is 0 Å². The van der Waals surface area contributed by atoms with E-state index in [1.54, 1.807) is 0 Å². The van der Waals surface area contributed by atoms with Gasteiger partial charge in [0.1, 0.15) is 0 Å². The molecule has 0 radical (unpaired) electrons. The summed E-state index contributed by atoms with van der Waals surface area (Å²) in [7, 11) is 0. The van der Waals surface area contributed by atoms with Crippen molar-refractivity contribution in [3.05, 3.63) is 67.7 Å². The van der Waals surface area contributed by atoms with Gasteiger partial charge in [-0.2, -0.15) is 0 Å². The Hall–Kier alpha value is -0.390. The van der Waals surface area contributed by atoms with Crippen molar-refractivity contribution in [1.82, 2.24) is 5.32 Å². The van der Waals surface area contributed by atoms with Crippen LogP contribution in [0.4, 0.5) is 0 Å². The molecule has 0 fully saturated rings. The molecule has 18 heavy (non-hydrogen) atoms. The van der Waals surface area contributed by atoms with Crippen LogP contribution in [0, 0.1) is 3.57 Å². The smallest absolute Gasteiger partial charge is 0.0294 e. The van der Waals surface area contributed by atoms with Gasteiger partial charge < -0.3 is 5.32 Å². The molecule has 0 aliphatic carbocycles. The fourth-order valence-electron chi connectivity index (χ4n) is 1.77. The molecular weight excluding hydrogens is 401 g/mol. The summed E-state index contributed by atoms with van der Waals surface area (Å²) in [6.45, 7) is 3.06. The zero-order chi connectivity index (χ0) is 13.0. The normalized spacial score (nSPS) is 12.4. The summed E-state index contributed by atoms with van der Waals surface area (Å²) in [5.41, 5.74) is 2.61. The number of hydrogen-bond donors (Lipinski definition) is 1.